The Hall–Kier alpha value is -1.75. The predicted octanol–water partition coefficient (Wildman–Crippen LogP) is 6.15. The molecule has 34 heavy (non-hydrogen) atoms. The average Bonchev–Trinajstić information content (AvgIpc) is 3.33. The molecule has 0 saturated heterocycles. The molecule has 3 unspecified atom stereocenters. The molecule has 4 saturated carbocycles. The third kappa shape index (κ3) is 3.40. The van der Waals surface area contributed by atoms with Crippen molar-refractivity contribution in [3.8, 4) is 0 Å². The number of Topliss-reactive ketones (excluding diaryl/α,β-unsaturated/α-hetero) is 1. The van der Waals surface area contributed by atoms with Crippen LogP contribution in [0.2, 0.25) is 0 Å². The molecule has 2 aromatic rings. The van der Waals surface area contributed by atoms with Crippen LogP contribution in [0.1, 0.15) is 78.6 Å². The van der Waals surface area contributed by atoms with Gasteiger partial charge in [-0.15, -0.1) is 0 Å². The maximum absolute atomic E-state index is 13.6. The SMILES string of the molecule is CC12CC[C@@](C)(O)CC1CCC1[C@@H]2CC[C@]2(C)[C@@H](C(=O)Cn3cc4ccc(F)cc4n3)CC[C@@H]12. The van der Waals surface area contributed by atoms with E-state index in [0.29, 0.717) is 28.6 Å². The van der Waals surface area contributed by atoms with Crippen molar-refractivity contribution < 1.29 is 14.3 Å². The van der Waals surface area contributed by atoms with Crippen molar-refractivity contribution in [2.75, 3.05) is 0 Å². The molecular formula is C29H39FN2O2. The normalized spacial score (nSPS) is 43.9. The summed E-state index contributed by atoms with van der Waals surface area (Å²) >= 11 is 0. The topological polar surface area (TPSA) is 55.1 Å². The van der Waals surface area contributed by atoms with Gasteiger partial charge in [0.2, 0.25) is 0 Å². The summed E-state index contributed by atoms with van der Waals surface area (Å²) in [4.78, 5) is 13.6. The van der Waals surface area contributed by atoms with Gasteiger partial charge in [0.25, 0.3) is 0 Å². The van der Waals surface area contributed by atoms with Gasteiger partial charge in [-0.3, -0.25) is 9.48 Å². The van der Waals surface area contributed by atoms with Crippen molar-refractivity contribution in [2.45, 2.75) is 90.7 Å². The summed E-state index contributed by atoms with van der Waals surface area (Å²) in [6.45, 7) is 7.24. The number of benzene rings is 1. The molecule has 0 radical (unpaired) electrons. The second kappa shape index (κ2) is 7.62. The van der Waals surface area contributed by atoms with E-state index < -0.39 is 5.60 Å². The van der Waals surface area contributed by atoms with Gasteiger partial charge in [-0.2, -0.15) is 5.10 Å². The van der Waals surface area contributed by atoms with Crippen molar-refractivity contribution in [3.63, 3.8) is 0 Å². The maximum Gasteiger partial charge on any atom is 0.157 e. The fourth-order valence-electron chi connectivity index (χ4n) is 9.35. The molecule has 1 N–H and O–H groups in total. The van der Waals surface area contributed by atoms with E-state index in [1.54, 1.807) is 10.7 Å². The molecule has 4 nitrogen and oxygen atoms in total. The standard InChI is InChI=1S/C29H39FN2O2/c1-27(34)12-13-28(2)19(15-27)5-7-21-22-8-9-24(29(22,3)11-10-23(21)28)26(33)17-32-16-18-4-6-20(30)14-25(18)31-32/h4,6,14,16,19,21-24,34H,5,7-13,15,17H2,1-3H3/t19?,21?,22-,23-,24+,27+,28?,29-/m0/s1. The van der Waals surface area contributed by atoms with Gasteiger partial charge >= 0.3 is 0 Å². The molecule has 1 heterocycles. The first-order chi connectivity index (χ1) is 16.1. The van der Waals surface area contributed by atoms with E-state index in [4.69, 9.17) is 0 Å². The summed E-state index contributed by atoms with van der Waals surface area (Å²) in [6, 6.07) is 4.61. The zero-order valence-corrected chi connectivity index (χ0v) is 20.9. The fraction of sp³-hybridized carbons (Fsp3) is 0.724. The largest absolute Gasteiger partial charge is 0.390 e. The van der Waals surface area contributed by atoms with E-state index in [9.17, 15) is 14.3 Å². The minimum absolute atomic E-state index is 0.0836. The lowest BCUT2D eigenvalue weighted by molar-refractivity contribution is -0.151. The van der Waals surface area contributed by atoms with Crippen LogP contribution in [0.5, 0.6) is 0 Å². The summed E-state index contributed by atoms with van der Waals surface area (Å²) < 4.78 is 15.3. The number of hydrogen-bond donors (Lipinski definition) is 1. The smallest absolute Gasteiger partial charge is 0.157 e. The molecule has 5 heteroatoms. The highest BCUT2D eigenvalue weighted by atomic mass is 19.1. The lowest BCUT2D eigenvalue weighted by Crippen LogP contribution is -2.55. The Morgan fingerprint density at radius 3 is 2.68 bits per heavy atom. The highest BCUT2D eigenvalue weighted by Gasteiger charge is 2.61. The Balaban J connectivity index is 1.20. The van der Waals surface area contributed by atoms with Crippen molar-refractivity contribution in [1.29, 1.82) is 0 Å². The minimum Gasteiger partial charge on any atom is -0.390 e. The van der Waals surface area contributed by atoms with E-state index >= 15 is 0 Å². The van der Waals surface area contributed by atoms with Gasteiger partial charge in [0, 0.05) is 23.6 Å². The van der Waals surface area contributed by atoms with Gasteiger partial charge in [-0.25, -0.2) is 4.39 Å². The van der Waals surface area contributed by atoms with Gasteiger partial charge in [-0.05, 0) is 111 Å². The zero-order valence-electron chi connectivity index (χ0n) is 20.9. The van der Waals surface area contributed by atoms with Gasteiger partial charge < -0.3 is 5.11 Å². The second-order valence-corrected chi connectivity index (χ2v) is 13.0. The molecule has 0 bridgehead atoms. The number of rotatable bonds is 3. The number of aliphatic hydroxyl groups is 1. The summed E-state index contributed by atoms with van der Waals surface area (Å²) in [5.74, 6) is 2.82. The first kappa shape index (κ1) is 22.7. The van der Waals surface area contributed by atoms with E-state index in [-0.39, 0.29) is 23.7 Å². The quantitative estimate of drug-likeness (QED) is 0.590. The lowest BCUT2D eigenvalue weighted by atomic mass is 9.44. The van der Waals surface area contributed by atoms with Crippen LogP contribution in [0.4, 0.5) is 4.39 Å². The number of carbonyl (C=O) groups is 1. The van der Waals surface area contributed by atoms with Crippen molar-refractivity contribution in [2.24, 2.45) is 40.4 Å². The Morgan fingerprint density at radius 2 is 1.85 bits per heavy atom. The third-order valence-corrected chi connectivity index (χ3v) is 11.2. The molecule has 8 atom stereocenters. The maximum atomic E-state index is 13.6. The lowest BCUT2D eigenvalue weighted by Gasteiger charge is -2.61. The summed E-state index contributed by atoms with van der Waals surface area (Å²) in [5.41, 5.74) is 0.549. The molecule has 4 aliphatic carbocycles. The Bertz CT molecular complexity index is 1120. The Morgan fingerprint density at radius 1 is 1.06 bits per heavy atom. The van der Waals surface area contributed by atoms with Gasteiger partial charge in [0.05, 0.1) is 17.7 Å². The Labute approximate surface area is 202 Å². The number of nitrogens with zero attached hydrogens (tertiary/aromatic N) is 2. The Kier molecular flexibility index (Phi) is 5.09. The molecule has 1 aromatic carbocycles. The highest BCUT2D eigenvalue weighted by molar-refractivity contribution is 5.83. The second-order valence-electron chi connectivity index (χ2n) is 13.0. The van der Waals surface area contributed by atoms with E-state index in [1.807, 2.05) is 13.1 Å². The zero-order chi connectivity index (χ0) is 23.9. The molecule has 1 aromatic heterocycles. The summed E-state index contributed by atoms with van der Waals surface area (Å²) in [6.07, 6.45) is 11.9. The van der Waals surface area contributed by atoms with Crippen LogP contribution in [-0.2, 0) is 11.3 Å². The number of halogens is 1. The number of aromatic nitrogens is 2. The molecule has 4 aliphatic rings. The summed E-state index contributed by atoms with van der Waals surface area (Å²) in [7, 11) is 0. The number of fused-ring (bicyclic) bond motifs is 6. The van der Waals surface area contributed by atoms with E-state index in [1.165, 1.54) is 37.8 Å². The highest BCUT2D eigenvalue weighted by Crippen LogP contribution is 2.68. The monoisotopic (exact) mass is 466 g/mol. The van der Waals surface area contributed by atoms with Crippen LogP contribution in [0.25, 0.3) is 10.9 Å². The molecule has 4 fully saturated rings. The summed E-state index contributed by atoms with van der Waals surface area (Å²) in [5, 5.41) is 16.1. The predicted molar refractivity (Wildman–Crippen MR) is 131 cm³/mol. The van der Waals surface area contributed by atoms with Crippen LogP contribution in [0.15, 0.2) is 24.4 Å². The van der Waals surface area contributed by atoms with Gasteiger partial charge in [0.15, 0.2) is 5.78 Å². The van der Waals surface area contributed by atoms with Crippen LogP contribution in [-0.4, -0.2) is 26.3 Å². The fourth-order valence-corrected chi connectivity index (χ4v) is 9.35. The number of ketones is 1. The van der Waals surface area contributed by atoms with Gasteiger partial charge in [-0.1, -0.05) is 13.8 Å². The molecule has 0 spiro atoms. The molecule has 0 amide bonds. The van der Waals surface area contributed by atoms with Gasteiger partial charge in [0.1, 0.15) is 5.82 Å². The average molecular weight is 467 g/mol. The number of carbonyl (C=O) groups excluding carboxylic acids is 1. The van der Waals surface area contributed by atoms with E-state index in [2.05, 4.69) is 18.9 Å². The molecule has 6 rings (SSSR count). The van der Waals surface area contributed by atoms with Crippen molar-refractivity contribution in [1.82, 2.24) is 9.78 Å². The van der Waals surface area contributed by atoms with Crippen LogP contribution in [0, 0.1) is 46.2 Å². The van der Waals surface area contributed by atoms with Crippen molar-refractivity contribution >= 4 is 16.7 Å². The number of hydrogen-bond acceptors (Lipinski definition) is 3. The first-order valence-corrected chi connectivity index (χ1v) is 13.5. The van der Waals surface area contributed by atoms with Crippen molar-refractivity contribution in [3.05, 3.63) is 30.2 Å². The van der Waals surface area contributed by atoms with Crippen LogP contribution in [0.3, 0.4) is 0 Å². The molecule has 0 aliphatic heterocycles. The minimum atomic E-state index is -0.492. The molecule has 184 valence electrons. The third-order valence-electron chi connectivity index (χ3n) is 11.2. The van der Waals surface area contributed by atoms with E-state index in [0.717, 1.165) is 49.3 Å². The van der Waals surface area contributed by atoms with Crippen LogP contribution >= 0.6 is 0 Å². The first-order valence-electron chi connectivity index (χ1n) is 13.5. The molecular weight excluding hydrogens is 427 g/mol. The van der Waals surface area contributed by atoms with Crippen LogP contribution < -0.4 is 0 Å².